The molecule has 0 radical (unpaired) electrons. The number of nitrogens with one attached hydrogen (secondary N) is 1. The van der Waals surface area contributed by atoms with Crippen molar-refractivity contribution in [3.05, 3.63) is 75.2 Å². The Balaban J connectivity index is 1.58. The third-order valence-electron chi connectivity index (χ3n) is 7.19. The molecule has 1 aliphatic rings. The van der Waals surface area contributed by atoms with E-state index in [4.69, 9.17) is 29.1 Å². The van der Waals surface area contributed by atoms with Gasteiger partial charge < -0.3 is 44.6 Å². The van der Waals surface area contributed by atoms with Gasteiger partial charge in [-0.25, -0.2) is 9.59 Å². The Bertz CT molecular complexity index is 1620. The molecule has 5 N–H and O–H groups in total. The Morgan fingerprint density at radius 1 is 1.16 bits per heavy atom. The number of aliphatic hydroxyl groups is 1. The molecule has 4 atom stereocenters. The van der Waals surface area contributed by atoms with Gasteiger partial charge >= 0.3 is 11.7 Å². The van der Waals surface area contributed by atoms with Gasteiger partial charge in [-0.05, 0) is 83.0 Å². The first-order valence-corrected chi connectivity index (χ1v) is 13.6. The second kappa shape index (κ2) is 12.5. The van der Waals surface area contributed by atoms with Crippen molar-refractivity contribution >= 4 is 28.7 Å². The van der Waals surface area contributed by atoms with Gasteiger partial charge in [0.05, 0.1) is 5.60 Å². The van der Waals surface area contributed by atoms with Crippen LogP contribution in [0.15, 0.2) is 57.3 Å². The van der Waals surface area contributed by atoms with Crippen LogP contribution in [0.5, 0.6) is 11.5 Å². The number of rotatable bonds is 8. The number of carbonyl (C=O) groups is 2. The minimum absolute atomic E-state index is 0.0666. The van der Waals surface area contributed by atoms with Crippen molar-refractivity contribution in [2.45, 2.75) is 71.2 Å². The molecule has 2 amide bonds. The molecule has 3 aromatic rings. The largest absolute Gasteiger partial charge is 0.508 e. The average molecular weight is 597 g/mol. The Labute approximate surface area is 248 Å². The van der Waals surface area contributed by atoms with Crippen LogP contribution < -0.4 is 21.4 Å². The molecule has 2 aromatic carbocycles. The van der Waals surface area contributed by atoms with Gasteiger partial charge in [0.2, 0.25) is 6.29 Å². The van der Waals surface area contributed by atoms with Crippen LogP contribution in [0.1, 0.15) is 49.2 Å². The Morgan fingerprint density at radius 2 is 1.88 bits per heavy atom. The van der Waals surface area contributed by atoms with Crippen LogP contribution in [0, 0.1) is 6.92 Å². The van der Waals surface area contributed by atoms with E-state index in [-0.39, 0.29) is 28.3 Å². The number of amides is 2. The lowest BCUT2D eigenvalue weighted by Gasteiger charge is -2.47. The van der Waals surface area contributed by atoms with E-state index < -0.39 is 47.8 Å². The summed E-state index contributed by atoms with van der Waals surface area (Å²) in [7, 11) is 1.39. The van der Waals surface area contributed by atoms with Gasteiger partial charge in [-0.15, -0.1) is 0 Å². The normalized spacial score (nSPS) is 21.2. The molecule has 43 heavy (non-hydrogen) atoms. The number of aliphatic hydroxyl groups excluding tert-OH is 1. The summed E-state index contributed by atoms with van der Waals surface area (Å²) in [4.78, 5) is 37.4. The number of methoxy groups -OCH3 is 1. The predicted molar refractivity (Wildman–Crippen MR) is 157 cm³/mol. The van der Waals surface area contributed by atoms with Crippen molar-refractivity contribution in [2.75, 3.05) is 12.4 Å². The summed E-state index contributed by atoms with van der Waals surface area (Å²) in [5.41, 5.74) is 5.81. The third kappa shape index (κ3) is 6.82. The number of carbonyl (C=O) groups excluding carboxylic acids is 2. The molecule has 1 unspecified atom stereocenters. The van der Waals surface area contributed by atoms with Gasteiger partial charge in [0.1, 0.15) is 28.9 Å². The Hall–Kier alpha value is -4.39. The summed E-state index contributed by atoms with van der Waals surface area (Å²) < 4.78 is 28.0. The van der Waals surface area contributed by atoms with Gasteiger partial charge in [-0.1, -0.05) is 11.6 Å². The fourth-order valence-electron chi connectivity index (χ4n) is 4.99. The molecule has 4 rings (SSSR count). The lowest BCUT2D eigenvalue weighted by Crippen LogP contribution is -2.65. The molecule has 1 aromatic heterocycles. The maximum absolute atomic E-state index is 13.0. The van der Waals surface area contributed by atoms with Gasteiger partial charge in [-0.2, -0.15) is 0 Å². The Morgan fingerprint density at radius 3 is 2.53 bits per heavy atom. The number of anilines is 1. The first-order chi connectivity index (χ1) is 20.2. The number of aryl methyl sites for hydroxylation is 1. The van der Waals surface area contributed by atoms with Gasteiger partial charge in [-0.3, -0.25) is 4.79 Å². The Kier molecular flexibility index (Phi) is 9.14. The smallest absolute Gasteiger partial charge is 0.404 e. The number of phenolic OH excluding ortho intramolecular Hbond substituents is 1. The number of benzene rings is 2. The summed E-state index contributed by atoms with van der Waals surface area (Å²) in [6.07, 6.45) is -3.50. The van der Waals surface area contributed by atoms with Crippen molar-refractivity contribution in [3.63, 3.8) is 0 Å². The van der Waals surface area contributed by atoms with E-state index in [0.29, 0.717) is 22.9 Å². The highest BCUT2D eigenvalue weighted by Crippen LogP contribution is 2.36. The number of aromatic hydroxyl groups is 1. The fourth-order valence-corrected chi connectivity index (χ4v) is 4.99. The van der Waals surface area contributed by atoms with E-state index in [1.54, 1.807) is 39.0 Å². The molecule has 1 saturated heterocycles. The zero-order valence-corrected chi connectivity index (χ0v) is 24.8. The summed E-state index contributed by atoms with van der Waals surface area (Å²) in [5.74, 6) is -0.249. The highest BCUT2D eigenvalue weighted by molar-refractivity contribution is 6.05. The number of ether oxygens (including phenoxy) is 4. The second-order valence-electron chi connectivity index (χ2n) is 11.1. The zero-order chi connectivity index (χ0) is 31.6. The summed E-state index contributed by atoms with van der Waals surface area (Å²) in [5, 5.41) is 24.2. The molecular weight excluding hydrogens is 560 g/mol. The first-order valence-electron chi connectivity index (χ1n) is 13.6. The van der Waals surface area contributed by atoms with E-state index in [9.17, 15) is 24.6 Å². The topological polar surface area (TPSA) is 180 Å². The van der Waals surface area contributed by atoms with Crippen molar-refractivity contribution in [3.8, 4) is 11.5 Å². The molecule has 0 spiro atoms. The van der Waals surface area contributed by atoms with Crippen LogP contribution in [-0.2, 0) is 20.6 Å². The van der Waals surface area contributed by atoms with Gasteiger partial charge in [0, 0.05) is 23.6 Å². The second-order valence-corrected chi connectivity index (χ2v) is 11.1. The van der Waals surface area contributed by atoms with Crippen LogP contribution in [0.2, 0.25) is 0 Å². The van der Waals surface area contributed by atoms with E-state index in [2.05, 4.69) is 5.32 Å². The number of primary amides is 1. The molecule has 0 saturated carbocycles. The molecule has 0 bridgehead atoms. The monoisotopic (exact) mass is 596 g/mol. The molecular formula is C31H36N2O10. The highest BCUT2D eigenvalue weighted by Gasteiger charge is 2.53. The number of nitrogens with two attached hydrogens (primary N) is 1. The lowest BCUT2D eigenvalue weighted by atomic mass is 9.89. The SMILES string of the molecule is CO[C@@H]1[C@@H](OC(N)=O)C(O)[C@H](Oc2ccc3cc(NC(=O)c4ccc(O)c(CC=C(C)C)c4)c(=O)oc3c2C)OC1(C)C. The maximum Gasteiger partial charge on any atom is 0.404 e. The van der Waals surface area contributed by atoms with Crippen molar-refractivity contribution in [2.24, 2.45) is 5.73 Å². The lowest BCUT2D eigenvalue weighted by molar-refractivity contribution is -0.304. The standard InChI is InChI=1S/C31H36N2O10/c1-15(2)7-8-17-13-19(9-11-21(17)34)27(36)33-20-14-18-10-12-22(16(3)24(18)41-28(20)37)40-29-23(35)25(42-30(32)38)26(39-6)31(4,5)43-29/h7,9-14,23,25-26,29,34-35H,8H2,1-6H3,(H2,32,38)(H,33,36)/t23?,25-,26+,29+/m0/s1. The molecule has 1 fully saturated rings. The van der Waals surface area contributed by atoms with Crippen LogP contribution >= 0.6 is 0 Å². The number of allylic oxidation sites excluding steroid dienone is 2. The first kappa shape index (κ1) is 31.5. The zero-order valence-electron chi connectivity index (χ0n) is 24.8. The minimum atomic E-state index is -1.47. The molecule has 2 heterocycles. The van der Waals surface area contributed by atoms with Crippen LogP contribution in [0.3, 0.4) is 0 Å². The van der Waals surface area contributed by atoms with E-state index in [1.807, 2.05) is 19.9 Å². The summed E-state index contributed by atoms with van der Waals surface area (Å²) >= 11 is 0. The van der Waals surface area contributed by atoms with Crippen LogP contribution in [0.4, 0.5) is 10.5 Å². The number of phenols is 1. The quantitative estimate of drug-likeness (QED) is 0.220. The van der Waals surface area contributed by atoms with Gasteiger partial charge in [0.15, 0.2) is 12.2 Å². The van der Waals surface area contributed by atoms with E-state index in [1.165, 1.54) is 25.3 Å². The van der Waals surface area contributed by atoms with E-state index in [0.717, 1.165) is 5.57 Å². The van der Waals surface area contributed by atoms with Crippen molar-refractivity contribution < 1.29 is 43.2 Å². The molecule has 12 nitrogen and oxygen atoms in total. The summed E-state index contributed by atoms with van der Waals surface area (Å²) in [6, 6.07) is 9.15. The number of hydrogen-bond donors (Lipinski definition) is 4. The number of hydrogen-bond acceptors (Lipinski definition) is 10. The van der Waals surface area contributed by atoms with Crippen LogP contribution in [-0.4, -0.2) is 59.5 Å². The van der Waals surface area contributed by atoms with Crippen molar-refractivity contribution in [1.29, 1.82) is 0 Å². The number of fused-ring (bicyclic) bond motifs is 1. The van der Waals surface area contributed by atoms with Crippen LogP contribution in [0.25, 0.3) is 11.0 Å². The maximum atomic E-state index is 13.0. The minimum Gasteiger partial charge on any atom is -0.508 e. The molecule has 1 aliphatic heterocycles. The molecule has 230 valence electrons. The third-order valence-corrected chi connectivity index (χ3v) is 7.19. The predicted octanol–water partition coefficient (Wildman–Crippen LogP) is 3.92. The molecule has 12 heteroatoms. The fraction of sp³-hybridized carbons (Fsp3) is 0.387. The van der Waals surface area contributed by atoms with E-state index >= 15 is 0 Å². The van der Waals surface area contributed by atoms with Crippen molar-refractivity contribution in [1.82, 2.24) is 0 Å². The highest BCUT2D eigenvalue weighted by atomic mass is 16.7. The summed E-state index contributed by atoms with van der Waals surface area (Å²) in [6.45, 7) is 8.89. The average Bonchev–Trinajstić information content (AvgIpc) is 2.92. The van der Waals surface area contributed by atoms with Gasteiger partial charge in [0.25, 0.3) is 5.91 Å². The molecule has 0 aliphatic carbocycles.